The normalized spacial score (nSPS) is 22.5. The molecule has 7 nitrogen and oxygen atoms in total. The molecule has 1 aromatic rings. The van der Waals surface area contributed by atoms with E-state index in [1.165, 1.54) is 4.90 Å². The lowest BCUT2D eigenvalue weighted by atomic mass is 9.97. The van der Waals surface area contributed by atoms with Crippen LogP contribution in [0.3, 0.4) is 0 Å². The van der Waals surface area contributed by atoms with Crippen molar-refractivity contribution in [3.05, 3.63) is 48.0 Å². The van der Waals surface area contributed by atoms with Crippen LogP contribution in [0.1, 0.15) is 53.5 Å². The molecule has 0 spiro atoms. The molecule has 2 atom stereocenters. The van der Waals surface area contributed by atoms with Crippen LogP contribution in [-0.2, 0) is 16.0 Å². The van der Waals surface area contributed by atoms with Gasteiger partial charge in [-0.25, -0.2) is 14.5 Å². The summed E-state index contributed by atoms with van der Waals surface area (Å²) in [6, 6.07) is 9.72. The van der Waals surface area contributed by atoms with E-state index in [1.54, 1.807) is 20.8 Å². The van der Waals surface area contributed by atoms with Gasteiger partial charge in [0.1, 0.15) is 11.2 Å². The van der Waals surface area contributed by atoms with E-state index in [-0.39, 0.29) is 17.9 Å². The SMILES string of the molecule is CC(C)(C)OC(=O)/N=C1/N(Cc2ccccc2)C[C@H]2CC=C[C@H]2N1C(=O)OC(C)(C)C. The Hall–Kier alpha value is -2.83. The molecular weight excluding hydrogens is 394 g/mol. The molecular formula is C24H33N3O4. The third kappa shape index (κ3) is 6.09. The number of amides is 2. The lowest BCUT2D eigenvalue weighted by Gasteiger charge is -2.44. The van der Waals surface area contributed by atoms with Crippen LogP contribution in [0.4, 0.5) is 9.59 Å². The predicted molar refractivity (Wildman–Crippen MR) is 120 cm³/mol. The quantitative estimate of drug-likeness (QED) is 0.623. The molecule has 168 valence electrons. The van der Waals surface area contributed by atoms with Gasteiger partial charge in [-0.15, -0.1) is 4.99 Å². The molecule has 1 fully saturated rings. The molecule has 7 heteroatoms. The maximum absolute atomic E-state index is 13.2. The van der Waals surface area contributed by atoms with Gasteiger partial charge in [0, 0.05) is 19.0 Å². The maximum atomic E-state index is 13.2. The Labute approximate surface area is 184 Å². The van der Waals surface area contributed by atoms with Gasteiger partial charge < -0.3 is 14.4 Å². The van der Waals surface area contributed by atoms with Crippen LogP contribution in [0.2, 0.25) is 0 Å². The zero-order valence-electron chi connectivity index (χ0n) is 19.3. The van der Waals surface area contributed by atoms with Crippen LogP contribution >= 0.6 is 0 Å². The van der Waals surface area contributed by atoms with E-state index in [0.29, 0.717) is 13.1 Å². The zero-order chi connectivity index (χ0) is 22.8. The number of fused-ring (bicyclic) bond motifs is 1. The predicted octanol–water partition coefficient (Wildman–Crippen LogP) is 4.98. The molecule has 0 bridgehead atoms. The second-order valence-electron chi connectivity index (χ2n) is 10.0. The highest BCUT2D eigenvalue weighted by molar-refractivity contribution is 6.00. The number of ether oxygens (including phenoxy) is 2. The Kier molecular flexibility index (Phi) is 6.43. The Morgan fingerprint density at radius 1 is 1.03 bits per heavy atom. The van der Waals surface area contributed by atoms with Gasteiger partial charge in [-0.05, 0) is 53.5 Å². The van der Waals surface area contributed by atoms with Crippen LogP contribution in [0.25, 0.3) is 0 Å². The molecule has 1 aliphatic heterocycles. The Morgan fingerprint density at radius 3 is 2.29 bits per heavy atom. The van der Waals surface area contributed by atoms with Gasteiger partial charge in [0.15, 0.2) is 0 Å². The first-order chi connectivity index (χ1) is 14.4. The lowest BCUT2D eigenvalue weighted by Crippen LogP contribution is -2.60. The summed E-state index contributed by atoms with van der Waals surface area (Å²) in [7, 11) is 0. The van der Waals surface area contributed by atoms with Crippen molar-refractivity contribution in [3.8, 4) is 0 Å². The Bertz CT molecular complexity index is 865. The highest BCUT2D eigenvalue weighted by Gasteiger charge is 2.44. The van der Waals surface area contributed by atoms with E-state index < -0.39 is 23.4 Å². The van der Waals surface area contributed by atoms with Crippen molar-refractivity contribution in [1.29, 1.82) is 0 Å². The number of carbonyl (C=O) groups excluding carboxylic acids is 2. The van der Waals surface area contributed by atoms with E-state index in [0.717, 1.165) is 12.0 Å². The molecule has 2 aliphatic rings. The van der Waals surface area contributed by atoms with Crippen molar-refractivity contribution in [2.75, 3.05) is 6.54 Å². The van der Waals surface area contributed by atoms with Crippen molar-refractivity contribution < 1.29 is 19.1 Å². The number of allylic oxidation sites excluding steroid dienone is 1. The summed E-state index contributed by atoms with van der Waals surface area (Å²) in [5.41, 5.74) is -0.298. The van der Waals surface area contributed by atoms with Crippen LogP contribution in [0.5, 0.6) is 0 Å². The van der Waals surface area contributed by atoms with Gasteiger partial charge in [0.05, 0.1) is 6.04 Å². The summed E-state index contributed by atoms with van der Waals surface area (Å²) in [5, 5.41) is 0. The number of guanidine groups is 1. The number of hydrogen-bond acceptors (Lipinski definition) is 4. The van der Waals surface area contributed by atoms with E-state index in [1.807, 2.05) is 62.1 Å². The van der Waals surface area contributed by atoms with Crippen molar-refractivity contribution in [2.45, 2.75) is 71.8 Å². The van der Waals surface area contributed by atoms with E-state index in [2.05, 4.69) is 11.1 Å². The molecule has 0 saturated carbocycles. The maximum Gasteiger partial charge on any atom is 0.437 e. The van der Waals surface area contributed by atoms with Gasteiger partial charge in [-0.3, -0.25) is 0 Å². The third-order valence-electron chi connectivity index (χ3n) is 4.90. The number of aliphatic imine (C=N–C) groups is 1. The minimum absolute atomic E-state index is 0.203. The summed E-state index contributed by atoms with van der Waals surface area (Å²) in [5.74, 6) is 0.467. The second kappa shape index (κ2) is 8.73. The molecule has 1 aliphatic carbocycles. The first kappa shape index (κ1) is 22.8. The molecule has 0 aromatic heterocycles. The van der Waals surface area contributed by atoms with Crippen molar-refractivity contribution in [2.24, 2.45) is 10.9 Å². The van der Waals surface area contributed by atoms with Crippen LogP contribution in [0, 0.1) is 5.92 Å². The largest absolute Gasteiger partial charge is 0.443 e. The first-order valence-corrected chi connectivity index (χ1v) is 10.7. The van der Waals surface area contributed by atoms with E-state index >= 15 is 0 Å². The highest BCUT2D eigenvalue weighted by atomic mass is 16.6. The zero-order valence-corrected chi connectivity index (χ0v) is 19.3. The topological polar surface area (TPSA) is 71.4 Å². The third-order valence-corrected chi connectivity index (χ3v) is 4.90. The molecule has 0 N–H and O–H groups in total. The number of rotatable bonds is 2. The fourth-order valence-corrected chi connectivity index (χ4v) is 3.76. The van der Waals surface area contributed by atoms with E-state index in [9.17, 15) is 9.59 Å². The van der Waals surface area contributed by atoms with Crippen LogP contribution in [0.15, 0.2) is 47.5 Å². The summed E-state index contributed by atoms with van der Waals surface area (Å²) in [6.45, 7) is 12.0. The summed E-state index contributed by atoms with van der Waals surface area (Å²) < 4.78 is 11.1. The van der Waals surface area contributed by atoms with Crippen LogP contribution in [-0.4, -0.2) is 51.7 Å². The number of carbonyl (C=O) groups is 2. The van der Waals surface area contributed by atoms with Crippen molar-refractivity contribution in [3.63, 3.8) is 0 Å². The van der Waals surface area contributed by atoms with Crippen molar-refractivity contribution in [1.82, 2.24) is 9.80 Å². The number of benzene rings is 1. The molecule has 0 unspecified atom stereocenters. The molecule has 0 radical (unpaired) electrons. The standard InChI is InChI=1S/C24H33N3O4/c1-23(2,3)30-21(28)25-20-26(15-17-11-8-7-9-12-17)16-18-13-10-14-19(18)27(20)22(29)31-24(4,5)6/h7-12,14,18-19H,13,15-16H2,1-6H3/b25-20-/t18-,19-/m1/s1. The summed E-state index contributed by atoms with van der Waals surface area (Å²) in [4.78, 5) is 33.6. The summed E-state index contributed by atoms with van der Waals surface area (Å²) in [6.07, 6.45) is 3.68. The fraction of sp³-hybridized carbons (Fsp3) is 0.542. The average Bonchev–Trinajstić information content (AvgIpc) is 3.07. The van der Waals surface area contributed by atoms with Gasteiger partial charge in [-0.2, -0.15) is 0 Å². The van der Waals surface area contributed by atoms with Crippen molar-refractivity contribution >= 4 is 18.1 Å². The fourth-order valence-electron chi connectivity index (χ4n) is 3.76. The van der Waals surface area contributed by atoms with Gasteiger partial charge in [0.25, 0.3) is 0 Å². The second-order valence-corrected chi connectivity index (χ2v) is 10.0. The van der Waals surface area contributed by atoms with Gasteiger partial charge >= 0.3 is 12.2 Å². The molecule has 1 saturated heterocycles. The molecule has 1 aromatic carbocycles. The highest BCUT2D eigenvalue weighted by Crippen LogP contribution is 2.32. The first-order valence-electron chi connectivity index (χ1n) is 10.7. The Balaban J connectivity index is 2.00. The smallest absolute Gasteiger partial charge is 0.437 e. The monoisotopic (exact) mass is 427 g/mol. The lowest BCUT2D eigenvalue weighted by molar-refractivity contribution is 0.0218. The average molecular weight is 428 g/mol. The molecule has 2 amide bonds. The molecule has 31 heavy (non-hydrogen) atoms. The summed E-state index contributed by atoms with van der Waals surface area (Å²) >= 11 is 0. The van der Waals surface area contributed by atoms with Gasteiger partial charge in [0.2, 0.25) is 5.96 Å². The minimum Gasteiger partial charge on any atom is -0.443 e. The number of hydrogen-bond donors (Lipinski definition) is 0. The number of nitrogens with zero attached hydrogens (tertiary/aromatic N) is 3. The Morgan fingerprint density at radius 2 is 1.68 bits per heavy atom. The van der Waals surface area contributed by atoms with Gasteiger partial charge in [-0.1, -0.05) is 42.5 Å². The van der Waals surface area contributed by atoms with E-state index in [4.69, 9.17) is 9.47 Å². The molecule has 3 rings (SSSR count). The minimum atomic E-state index is -0.727. The molecule has 1 heterocycles. The van der Waals surface area contributed by atoms with Crippen LogP contribution < -0.4 is 0 Å².